The van der Waals surface area contributed by atoms with E-state index in [-0.39, 0.29) is 16.8 Å². The fourth-order valence-electron chi connectivity index (χ4n) is 1.43. The number of nitrogens with one attached hydrogen (secondary N) is 1. The Hall–Kier alpha value is -2.29. The number of halogens is 1. The molecule has 100 valence electrons. The van der Waals surface area contributed by atoms with E-state index in [1.165, 1.54) is 6.39 Å². The minimum absolute atomic E-state index is 0.00931. The first-order valence-electron chi connectivity index (χ1n) is 5.31. The first kappa shape index (κ1) is 13.1. The smallest absolute Gasteiger partial charge is 0.329 e. The van der Waals surface area contributed by atoms with Gasteiger partial charge in [-0.3, -0.25) is 10.1 Å². The molecule has 0 aromatic carbocycles. The molecule has 0 amide bonds. The largest absolute Gasteiger partial charge is 0.426 e. The number of hydrogen-bond acceptors (Lipinski definition) is 8. The molecule has 0 fully saturated rings. The van der Waals surface area contributed by atoms with Crippen molar-refractivity contribution in [2.45, 2.75) is 19.4 Å². The van der Waals surface area contributed by atoms with Crippen LogP contribution in [-0.4, -0.2) is 25.1 Å². The lowest BCUT2D eigenvalue weighted by Gasteiger charge is -2.13. The van der Waals surface area contributed by atoms with Crippen LogP contribution in [0.15, 0.2) is 17.0 Å². The third-order valence-corrected chi connectivity index (χ3v) is 2.51. The monoisotopic (exact) mass is 284 g/mol. The number of rotatable bonds is 5. The zero-order chi connectivity index (χ0) is 13.8. The molecule has 2 aromatic heterocycles. The average Bonchev–Trinajstić information content (AvgIpc) is 2.89. The van der Waals surface area contributed by atoms with E-state index < -0.39 is 11.0 Å². The summed E-state index contributed by atoms with van der Waals surface area (Å²) in [6.45, 7) is 1.86. The summed E-state index contributed by atoms with van der Waals surface area (Å²) in [5, 5.41) is 21.0. The average molecular weight is 285 g/mol. The molecule has 0 spiro atoms. The lowest BCUT2D eigenvalue weighted by molar-refractivity contribution is -0.384. The normalized spacial score (nSPS) is 12.1. The van der Waals surface area contributed by atoms with Crippen molar-refractivity contribution in [1.82, 2.24) is 20.2 Å². The third kappa shape index (κ3) is 2.94. The van der Waals surface area contributed by atoms with E-state index >= 15 is 0 Å². The zero-order valence-corrected chi connectivity index (χ0v) is 10.5. The Morgan fingerprint density at radius 3 is 3.00 bits per heavy atom. The molecule has 0 radical (unpaired) electrons. The van der Waals surface area contributed by atoms with Crippen LogP contribution >= 0.6 is 11.6 Å². The summed E-state index contributed by atoms with van der Waals surface area (Å²) in [6.07, 6.45) is 2.79. The second-order valence-electron chi connectivity index (χ2n) is 3.51. The lowest BCUT2D eigenvalue weighted by atomic mass is 10.2. The van der Waals surface area contributed by atoms with Crippen LogP contribution in [0.2, 0.25) is 5.28 Å². The molecule has 0 unspecified atom stereocenters. The van der Waals surface area contributed by atoms with Gasteiger partial charge in [-0.1, -0.05) is 6.92 Å². The fraction of sp³-hybridized carbons (Fsp3) is 0.333. The highest BCUT2D eigenvalue weighted by Crippen LogP contribution is 2.27. The molecule has 9 nitrogen and oxygen atoms in total. The Kier molecular flexibility index (Phi) is 3.85. The Labute approximate surface area is 112 Å². The van der Waals surface area contributed by atoms with Crippen LogP contribution in [0.1, 0.15) is 25.3 Å². The molecule has 0 aliphatic carbocycles. The van der Waals surface area contributed by atoms with Crippen LogP contribution in [0.4, 0.5) is 11.5 Å². The molecule has 2 aromatic rings. The van der Waals surface area contributed by atoms with Crippen LogP contribution in [0.5, 0.6) is 0 Å². The van der Waals surface area contributed by atoms with E-state index in [4.69, 9.17) is 16.0 Å². The first-order chi connectivity index (χ1) is 9.11. The Morgan fingerprint density at radius 1 is 1.63 bits per heavy atom. The van der Waals surface area contributed by atoms with Crippen LogP contribution in [0, 0.1) is 10.1 Å². The maximum absolute atomic E-state index is 10.9. The number of nitrogens with zero attached hydrogens (tertiary/aromatic N) is 5. The molecule has 0 saturated heterocycles. The van der Waals surface area contributed by atoms with Crippen LogP contribution < -0.4 is 5.32 Å². The summed E-state index contributed by atoms with van der Waals surface area (Å²) in [7, 11) is 0. The predicted octanol–water partition coefficient (Wildman–Crippen LogP) is 1.98. The van der Waals surface area contributed by atoms with Crippen molar-refractivity contribution in [3.8, 4) is 0 Å². The second kappa shape index (κ2) is 5.57. The van der Waals surface area contributed by atoms with E-state index in [2.05, 4.69) is 25.5 Å². The molecule has 1 atom stereocenters. The molecule has 1 N–H and O–H groups in total. The molecule has 0 aliphatic heterocycles. The zero-order valence-electron chi connectivity index (χ0n) is 9.78. The maximum Gasteiger partial charge on any atom is 0.329 e. The van der Waals surface area contributed by atoms with Gasteiger partial charge in [-0.05, 0) is 18.0 Å². The summed E-state index contributed by atoms with van der Waals surface area (Å²) in [6, 6.07) is -0.396. The van der Waals surface area contributed by atoms with Crippen molar-refractivity contribution in [2.24, 2.45) is 0 Å². The molecule has 2 heterocycles. The summed E-state index contributed by atoms with van der Waals surface area (Å²) in [5.41, 5.74) is -0.276. The molecule has 10 heteroatoms. The van der Waals surface area contributed by atoms with Crippen LogP contribution in [-0.2, 0) is 0 Å². The third-order valence-electron chi connectivity index (χ3n) is 2.33. The van der Waals surface area contributed by atoms with Crippen LogP contribution in [0.3, 0.4) is 0 Å². The molecule has 0 saturated carbocycles. The number of nitro groups is 1. The van der Waals surface area contributed by atoms with Gasteiger partial charge in [0.15, 0.2) is 0 Å². The Balaban J connectivity index is 2.31. The standard InChI is InChI=1S/C9H9ClN6O3/c1-2-5(8-15-12-4-19-8)13-7-6(16(17)18)3-11-9(10)14-7/h3-5H,2H2,1H3,(H,11,13,14)/t5-/m1/s1. The molecule has 19 heavy (non-hydrogen) atoms. The minimum atomic E-state index is -0.598. The van der Waals surface area contributed by atoms with E-state index in [1.54, 1.807) is 0 Å². The summed E-state index contributed by atoms with van der Waals surface area (Å²) in [4.78, 5) is 17.7. The van der Waals surface area contributed by atoms with Gasteiger partial charge in [0.1, 0.15) is 12.2 Å². The summed E-state index contributed by atoms with van der Waals surface area (Å²) >= 11 is 5.64. The predicted molar refractivity (Wildman–Crippen MR) is 64.6 cm³/mol. The highest BCUT2D eigenvalue weighted by Gasteiger charge is 2.22. The van der Waals surface area contributed by atoms with Gasteiger partial charge < -0.3 is 9.73 Å². The van der Waals surface area contributed by atoms with Crippen molar-refractivity contribution < 1.29 is 9.34 Å². The molecule has 2 rings (SSSR count). The van der Waals surface area contributed by atoms with E-state index in [0.717, 1.165) is 6.20 Å². The summed E-state index contributed by atoms with van der Waals surface area (Å²) < 4.78 is 5.06. The van der Waals surface area contributed by atoms with Crippen LogP contribution in [0.25, 0.3) is 0 Å². The topological polar surface area (TPSA) is 120 Å². The van der Waals surface area contributed by atoms with Crippen molar-refractivity contribution in [2.75, 3.05) is 5.32 Å². The van der Waals surface area contributed by atoms with Crippen molar-refractivity contribution in [3.05, 3.63) is 33.9 Å². The molecule has 0 bridgehead atoms. The Morgan fingerprint density at radius 2 is 2.42 bits per heavy atom. The second-order valence-corrected chi connectivity index (χ2v) is 3.85. The number of anilines is 1. The quantitative estimate of drug-likeness (QED) is 0.502. The minimum Gasteiger partial charge on any atom is -0.426 e. The molecular weight excluding hydrogens is 276 g/mol. The number of aromatic nitrogens is 4. The first-order valence-corrected chi connectivity index (χ1v) is 5.69. The van der Waals surface area contributed by atoms with Crippen molar-refractivity contribution in [3.63, 3.8) is 0 Å². The highest BCUT2D eigenvalue weighted by molar-refractivity contribution is 6.28. The van der Waals surface area contributed by atoms with Gasteiger partial charge in [0.05, 0.1) is 4.92 Å². The molecule has 0 aliphatic rings. The summed E-state index contributed by atoms with van der Waals surface area (Å²) in [5.74, 6) is 0.321. The van der Waals surface area contributed by atoms with Gasteiger partial charge >= 0.3 is 5.69 Å². The number of hydrogen-bond donors (Lipinski definition) is 1. The van der Waals surface area contributed by atoms with Gasteiger partial charge in [0, 0.05) is 0 Å². The van der Waals surface area contributed by atoms with Gasteiger partial charge in [0.25, 0.3) is 0 Å². The van der Waals surface area contributed by atoms with E-state index in [9.17, 15) is 10.1 Å². The van der Waals surface area contributed by atoms with E-state index in [1.807, 2.05) is 6.92 Å². The van der Waals surface area contributed by atoms with Crippen molar-refractivity contribution in [1.29, 1.82) is 0 Å². The van der Waals surface area contributed by atoms with E-state index in [0.29, 0.717) is 12.3 Å². The van der Waals surface area contributed by atoms with Gasteiger partial charge in [-0.15, -0.1) is 10.2 Å². The SMILES string of the molecule is CC[C@@H](Nc1nc(Cl)ncc1[N+](=O)[O-])c1nnco1. The fourth-order valence-corrected chi connectivity index (χ4v) is 1.56. The maximum atomic E-state index is 10.9. The van der Waals surface area contributed by atoms with Crippen molar-refractivity contribution >= 4 is 23.1 Å². The lowest BCUT2D eigenvalue weighted by Crippen LogP contribution is -2.13. The van der Waals surface area contributed by atoms with Gasteiger partial charge in [-0.25, -0.2) is 4.98 Å². The van der Waals surface area contributed by atoms with Gasteiger partial charge in [-0.2, -0.15) is 4.98 Å². The highest BCUT2D eigenvalue weighted by atomic mass is 35.5. The molecular formula is C9H9ClN6O3. The van der Waals surface area contributed by atoms with Gasteiger partial charge in [0.2, 0.25) is 23.4 Å². The Bertz CT molecular complexity index is 575.